The van der Waals surface area contributed by atoms with E-state index in [-0.39, 0.29) is 5.56 Å². The summed E-state index contributed by atoms with van der Waals surface area (Å²) in [5.74, 6) is 0.333. The molecule has 0 atom stereocenters. The molecule has 1 aromatic rings. The van der Waals surface area contributed by atoms with Gasteiger partial charge in [0.1, 0.15) is 0 Å². The second kappa shape index (κ2) is 5.09. The zero-order valence-electron chi connectivity index (χ0n) is 9.60. The molecule has 0 saturated carbocycles. The maximum Gasteiger partial charge on any atom is 0.417 e. The molecule has 17 heavy (non-hydrogen) atoms. The van der Waals surface area contributed by atoms with Crippen LogP contribution in [0, 0.1) is 17.2 Å². The summed E-state index contributed by atoms with van der Waals surface area (Å²) < 4.78 is 37.9. The van der Waals surface area contributed by atoms with E-state index < -0.39 is 11.7 Å². The molecule has 0 radical (unpaired) electrons. The highest BCUT2D eigenvalue weighted by Gasteiger charge is 2.33. The quantitative estimate of drug-likeness (QED) is 0.878. The van der Waals surface area contributed by atoms with Gasteiger partial charge in [0, 0.05) is 12.2 Å². The van der Waals surface area contributed by atoms with Crippen molar-refractivity contribution in [2.45, 2.75) is 20.0 Å². The SMILES string of the molecule is CC(C)CNc1ccc(C#N)c(C(F)(F)F)c1. The van der Waals surface area contributed by atoms with Crippen molar-refractivity contribution in [3.63, 3.8) is 0 Å². The first kappa shape index (κ1) is 13.4. The van der Waals surface area contributed by atoms with Crippen LogP contribution in [0.25, 0.3) is 0 Å². The topological polar surface area (TPSA) is 35.8 Å². The number of anilines is 1. The Morgan fingerprint density at radius 2 is 2.00 bits per heavy atom. The molecule has 0 aromatic heterocycles. The third kappa shape index (κ3) is 3.66. The van der Waals surface area contributed by atoms with Gasteiger partial charge in [0.05, 0.1) is 17.2 Å². The van der Waals surface area contributed by atoms with Crippen LogP contribution in [0.1, 0.15) is 25.0 Å². The number of nitrogens with zero attached hydrogens (tertiary/aromatic N) is 1. The number of nitrogens with one attached hydrogen (secondary N) is 1. The molecule has 1 rings (SSSR count). The molecule has 0 fully saturated rings. The van der Waals surface area contributed by atoms with Crippen LogP contribution in [0.4, 0.5) is 18.9 Å². The normalized spacial score (nSPS) is 11.4. The zero-order valence-corrected chi connectivity index (χ0v) is 9.60. The second-order valence-corrected chi connectivity index (χ2v) is 4.14. The summed E-state index contributed by atoms with van der Waals surface area (Å²) in [7, 11) is 0. The second-order valence-electron chi connectivity index (χ2n) is 4.14. The van der Waals surface area contributed by atoms with Crippen molar-refractivity contribution in [1.29, 1.82) is 5.26 Å². The molecule has 1 N–H and O–H groups in total. The van der Waals surface area contributed by atoms with Crippen molar-refractivity contribution in [2.24, 2.45) is 5.92 Å². The Morgan fingerprint density at radius 3 is 2.47 bits per heavy atom. The summed E-state index contributed by atoms with van der Waals surface area (Å²) in [5.41, 5.74) is -0.869. The van der Waals surface area contributed by atoms with Crippen LogP contribution in [0.15, 0.2) is 18.2 Å². The summed E-state index contributed by atoms with van der Waals surface area (Å²) in [6.07, 6.45) is -4.50. The van der Waals surface area contributed by atoms with Gasteiger partial charge >= 0.3 is 6.18 Å². The van der Waals surface area contributed by atoms with Crippen molar-refractivity contribution in [3.05, 3.63) is 29.3 Å². The Hall–Kier alpha value is -1.70. The Morgan fingerprint density at radius 1 is 1.35 bits per heavy atom. The maximum absolute atomic E-state index is 12.6. The average Bonchev–Trinajstić information content (AvgIpc) is 2.24. The molecule has 92 valence electrons. The number of nitriles is 1. The van der Waals surface area contributed by atoms with Crippen molar-refractivity contribution < 1.29 is 13.2 Å². The lowest BCUT2D eigenvalue weighted by atomic mass is 10.1. The van der Waals surface area contributed by atoms with E-state index in [4.69, 9.17) is 5.26 Å². The maximum atomic E-state index is 12.6. The van der Waals surface area contributed by atoms with Crippen LogP contribution < -0.4 is 5.32 Å². The fourth-order valence-corrected chi connectivity index (χ4v) is 1.31. The smallest absolute Gasteiger partial charge is 0.385 e. The van der Waals surface area contributed by atoms with Gasteiger partial charge in [-0.25, -0.2) is 0 Å². The number of hydrogen-bond acceptors (Lipinski definition) is 2. The lowest BCUT2D eigenvalue weighted by molar-refractivity contribution is -0.137. The number of alkyl halides is 3. The van der Waals surface area contributed by atoms with Crippen molar-refractivity contribution in [2.75, 3.05) is 11.9 Å². The van der Waals surface area contributed by atoms with Gasteiger partial charge in [0.25, 0.3) is 0 Å². The molecule has 2 nitrogen and oxygen atoms in total. The van der Waals surface area contributed by atoms with Gasteiger partial charge in [-0.3, -0.25) is 0 Å². The van der Waals surface area contributed by atoms with Gasteiger partial charge in [-0.15, -0.1) is 0 Å². The lowest BCUT2D eigenvalue weighted by Crippen LogP contribution is -2.11. The molecule has 0 aliphatic heterocycles. The first-order valence-electron chi connectivity index (χ1n) is 5.20. The Kier molecular flexibility index (Phi) is 4.00. The summed E-state index contributed by atoms with van der Waals surface area (Å²) in [6.45, 7) is 4.51. The molecule has 1 aromatic carbocycles. The van der Waals surface area contributed by atoms with E-state index in [2.05, 4.69) is 5.32 Å². The minimum Gasteiger partial charge on any atom is -0.385 e. The Labute approximate surface area is 98.1 Å². The van der Waals surface area contributed by atoms with Crippen LogP contribution >= 0.6 is 0 Å². The molecular weight excluding hydrogens is 229 g/mol. The number of halogens is 3. The largest absolute Gasteiger partial charge is 0.417 e. The summed E-state index contributed by atoms with van der Waals surface area (Å²) >= 11 is 0. The predicted molar refractivity (Wildman–Crippen MR) is 59.5 cm³/mol. The third-order valence-electron chi connectivity index (χ3n) is 2.16. The third-order valence-corrected chi connectivity index (χ3v) is 2.16. The fraction of sp³-hybridized carbons (Fsp3) is 0.417. The van der Waals surface area contributed by atoms with Gasteiger partial charge in [-0.2, -0.15) is 18.4 Å². The fourth-order valence-electron chi connectivity index (χ4n) is 1.31. The van der Waals surface area contributed by atoms with Gasteiger partial charge in [0.15, 0.2) is 0 Å². The molecule has 0 heterocycles. The molecule has 0 unspecified atom stereocenters. The summed E-state index contributed by atoms with van der Waals surface area (Å²) in [6, 6.07) is 5.19. The van der Waals surface area contributed by atoms with Gasteiger partial charge in [-0.05, 0) is 24.1 Å². The highest BCUT2D eigenvalue weighted by molar-refractivity contribution is 5.53. The first-order valence-corrected chi connectivity index (χ1v) is 5.20. The molecule has 0 bridgehead atoms. The zero-order chi connectivity index (χ0) is 13.1. The molecule has 0 spiro atoms. The van der Waals surface area contributed by atoms with Crippen LogP contribution in [0.3, 0.4) is 0 Å². The van der Waals surface area contributed by atoms with E-state index in [1.165, 1.54) is 12.1 Å². The minimum absolute atomic E-state index is 0.333. The van der Waals surface area contributed by atoms with Crippen molar-refractivity contribution >= 4 is 5.69 Å². The number of hydrogen-bond donors (Lipinski definition) is 1. The van der Waals surface area contributed by atoms with Gasteiger partial charge in [-0.1, -0.05) is 13.8 Å². The van der Waals surface area contributed by atoms with Gasteiger partial charge in [0.2, 0.25) is 0 Å². The average molecular weight is 242 g/mol. The van der Waals surface area contributed by atoms with E-state index in [1.54, 1.807) is 6.07 Å². The highest BCUT2D eigenvalue weighted by atomic mass is 19.4. The molecule has 0 amide bonds. The van der Waals surface area contributed by atoms with Crippen LogP contribution in [0.5, 0.6) is 0 Å². The predicted octanol–water partition coefficient (Wildman–Crippen LogP) is 3.64. The Balaban J connectivity index is 3.02. The molecule has 0 aliphatic rings. The molecule has 0 saturated heterocycles. The van der Waals surface area contributed by atoms with Crippen LogP contribution in [-0.4, -0.2) is 6.54 Å². The van der Waals surface area contributed by atoms with E-state index in [0.29, 0.717) is 18.2 Å². The molecular formula is C12H13F3N2. The van der Waals surface area contributed by atoms with Crippen molar-refractivity contribution in [1.82, 2.24) is 0 Å². The van der Waals surface area contributed by atoms with E-state index in [1.807, 2.05) is 13.8 Å². The number of rotatable bonds is 3. The molecule has 0 aliphatic carbocycles. The number of benzene rings is 1. The molecule has 5 heteroatoms. The highest BCUT2D eigenvalue weighted by Crippen LogP contribution is 2.33. The van der Waals surface area contributed by atoms with Crippen LogP contribution in [-0.2, 0) is 6.18 Å². The van der Waals surface area contributed by atoms with E-state index in [9.17, 15) is 13.2 Å². The monoisotopic (exact) mass is 242 g/mol. The summed E-state index contributed by atoms with van der Waals surface area (Å²) in [5, 5.41) is 11.5. The standard InChI is InChI=1S/C12H13F3N2/c1-8(2)7-17-10-4-3-9(6-16)11(5-10)12(13,14)15/h3-5,8,17H,7H2,1-2H3. The minimum atomic E-state index is -4.50. The lowest BCUT2D eigenvalue weighted by Gasteiger charge is -2.13. The van der Waals surface area contributed by atoms with Crippen molar-refractivity contribution in [3.8, 4) is 6.07 Å². The van der Waals surface area contributed by atoms with E-state index >= 15 is 0 Å². The Bertz CT molecular complexity index is 430. The summed E-state index contributed by atoms with van der Waals surface area (Å²) in [4.78, 5) is 0. The van der Waals surface area contributed by atoms with Gasteiger partial charge < -0.3 is 5.32 Å². The first-order chi connectivity index (χ1) is 7.84. The van der Waals surface area contributed by atoms with E-state index in [0.717, 1.165) is 6.07 Å². The van der Waals surface area contributed by atoms with Crippen LogP contribution in [0.2, 0.25) is 0 Å².